The van der Waals surface area contributed by atoms with Gasteiger partial charge in [0.25, 0.3) is 5.91 Å². The maximum absolute atomic E-state index is 12.5. The van der Waals surface area contributed by atoms with Gasteiger partial charge >= 0.3 is 0 Å². The summed E-state index contributed by atoms with van der Waals surface area (Å²) in [6.07, 6.45) is 1.29. The van der Waals surface area contributed by atoms with Crippen LogP contribution in [0.3, 0.4) is 0 Å². The van der Waals surface area contributed by atoms with Gasteiger partial charge in [-0.15, -0.1) is 23.5 Å². The summed E-state index contributed by atoms with van der Waals surface area (Å²) in [6, 6.07) is 13.8. The fourth-order valence-electron chi connectivity index (χ4n) is 3.40. The predicted octanol–water partition coefficient (Wildman–Crippen LogP) is 4.33. The van der Waals surface area contributed by atoms with Crippen LogP contribution in [0.2, 0.25) is 5.15 Å². The average molecular weight is 450 g/mol. The summed E-state index contributed by atoms with van der Waals surface area (Å²) in [5.41, 5.74) is 1.32. The Kier molecular flexibility index (Phi) is 7.11. The molecule has 29 heavy (non-hydrogen) atoms. The van der Waals surface area contributed by atoms with E-state index in [1.165, 1.54) is 23.5 Å². The first kappa shape index (κ1) is 20.7. The highest BCUT2D eigenvalue weighted by Crippen LogP contribution is 2.43. The van der Waals surface area contributed by atoms with Gasteiger partial charge in [-0.3, -0.25) is 4.79 Å². The second kappa shape index (κ2) is 9.96. The van der Waals surface area contributed by atoms with Crippen LogP contribution in [0.5, 0.6) is 5.75 Å². The summed E-state index contributed by atoms with van der Waals surface area (Å²) in [5.74, 6) is 4.08. The van der Waals surface area contributed by atoms with E-state index in [-0.39, 0.29) is 12.5 Å². The lowest BCUT2D eigenvalue weighted by Crippen LogP contribution is -2.50. The number of nitrogens with zero attached hydrogens (tertiary/aromatic N) is 3. The molecule has 0 saturated carbocycles. The highest BCUT2D eigenvalue weighted by atomic mass is 35.5. The summed E-state index contributed by atoms with van der Waals surface area (Å²) >= 11 is 9.98. The number of pyridine rings is 1. The summed E-state index contributed by atoms with van der Waals surface area (Å²) in [5, 5.41) is 0.487. The Hall–Kier alpha value is -1.57. The Morgan fingerprint density at radius 1 is 1.07 bits per heavy atom. The normalized spacial score (nSPS) is 18.0. The van der Waals surface area contributed by atoms with E-state index in [4.69, 9.17) is 16.3 Å². The molecule has 1 aromatic carbocycles. The first-order valence-corrected chi connectivity index (χ1v) is 12.3. The fourth-order valence-corrected chi connectivity index (χ4v) is 6.45. The van der Waals surface area contributed by atoms with Gasteiger partial charge < -0.3 is 14.5 Å². The molecular formula is C21H24ClN3O2S2. The molecule has 0 bridgehead atoms. The van der Waals surface area contributed by atoms with Crippen LogP contribution in [-0.4, -0.2) is 60.1 Å². The summed E-state index contributed by atoms with van der Waals surface area (Å²) in [6.45, 7) is 2.87. The minimum Gasteiger partial charge on any atom is -0.484 e. The van der Waals surface area contributed by atoms with Gasteiger partial charge in [-0.1, -0.05) is 29.8 Å². The molecule has 3 heterocycles. The number of hydrogen-bond acceptors (Lipinski definition) is 6. The van der Waals surface area contributed by atoms with Crippen molar-refractivity contribution in [3.05, 3.63) is 53.2 Å². The average Bonchev–Trinajstić information content (AvgIpc) is 2.78. The number of aromatic nitrogens is 1. The second-order valence-electron chi connectivity index (χ2n) is 6.97. The van der Waals surface area contributed by atoms with E-state index in [0.29, 0.717) is 22.8 Å². The molecule has 2 aliphatic rings. The molecule has 0 aliphatic carbocycles. The molecule has 2 aromatic rings. The van der Waals surface area contributed by atoms with Crippen LogP contribution < -0.4 is 9.64 Å². The molecule has 2 aliphatic heterocycles. The first-order valence-electron chi connectivity index (χ1n) is 9.80. The van der Waals surface area contributed by atoms with Gasteiger partial charge in [0.1, 0.15) is 16.7 Å². The number of thioether (sulfide) groups is 2. The molecule has 154 valence electrons. The third-order valence-corrected chi connectivity index (χ3v) is 8.22. The van der Waals surface area contributed by atoms with Gasteiger partial charge in [0, 0.05) is 26.2 Å². The van der Waals surface area contributed by atoms with Crippen molar-refractivity contribution in [1.82, 2.24) is 9.88 Å². The van der Waals surface area contributed by atoms with Gasteiger partial charge in [0.05, 0.1) is 4.58 Å². The van der Waals surface area contributed by atoms with Crippen LogP contribution in [0.15, 0.2) is 42.5 Å². The monoisotopic (exact) mass is 449 g/mol. The number of piperazine rings is 1. The summed E-state index contributed by atoms with van der Waals surface area (Å²) in [7, 11) is 0. The van der Waals surface area contributed by atoms with Crippen molar-refractivity contribution in [3.63, 3.8) is 0 Å². The topological polar surface area (TPSA) is 45.7 Å². The molecule has 8 heteroatoms. The molecule has 5 nitrogen and oxygen atoms in total. The quantitative estimate of drug-likeness (QED) is 0.633. The van der Waals surface area contributed by atoms with Crippen LogP contribution in [-0.2, 0) is 4.79 Å². The van der Waals surface area contributed by atoms with Gasteiger partial charge in [-0.2, -0.15) is 0 Å². The maximum Gasteiger partial charge on any atom is 0.260 e. The zero-order chi connectivity index (χ0) is 20.1. The molecule has 4 rings (SSSR count). The molecule has 2 saturated heterocycles. The molecule has 0 N–H and O–H groups in total. The highest BCUT2D eigenvalue weighted by Gasteiger charge is 2.22. The molecular weight excluding hydrogens is 426 g/mol. The molecule has 0 atom stereocenters. The smallest absolute Gasteiger partial charge is 0.260 e. The van der Waals surface area contributed by atoms with E-state index in [2.05, 4.69) is 22.0 Å². The summed E-state index contributed by atoms with van der Waals surface area (Å²) in [4.78, 5) is 20.9. The zero-order valence-corrected chi connectivity index (χ0v) is 18.5. The van der Waals surface area contributed by atoms with Crippen molar-refractivity contribution in [3.8, 4) is 5.75 Å². The SMILES string of the molecule is O=C(COc1ccc(C2SCCCS2)cc1)N1CCN(c2cccc(Cl)n2)CC1. The van der Waals surface area contributed by atoms with Gasteiger partial charge in [0.15, 0.2) is 6.61 Å². The Balaban J connectivity index is 1.24. The molecule has 0 spiro atoms. The lowest BCUT2D eigenvalue weighted by atomic mass is 10.2. The Labute approximate surface area is 185 Å². The van der Waals surface area contributed by atoms with Crippen LogP contribution in [0.25, 0.3) is 0 Å². The van der Waals surface area contributed by atoms with Crippen molar-refractivity contribution in [1.29, 1.82) is 0 Å². The van der Waals surface area contributed by atoms with Crippen molar-refractivity contribution >= 4 is 46.8 Å². The third kappa shape index (κ3) is 5.53. The number of carbonyl (C=O) groups excluding carboxylic acids is 1. The van der Waals surface area contributed by atoms with E-state index < -0.39 is 0 Å². The zero-order valence-electron chi connectivity index (χ0n) is 16.1. The van der Waals surface area contributed by atoms with Gasteiger partial charge in [0.2, 0.25) is 0 Å². The van der Waals surface area contributed by atoms with Crippen LogP contribution in [0, 0.1) is 0 Å². The predicted molar refractivity (Wildman–Crippen MR) is 122 cm³/mol. The number of hydrogen-bond donors (Lipinski definition) is 0. The van der Waals surface area contributed by atoms with Crippen molar-refractivity contribution in [2.24, 2.45) is 0 Å². The highest BCUT2D eigenvalue weighted by molar-refractivity contribution is 8.16. The van der Waals surface area contributed by atoms with Crippen LogP contribution >= 0.6 is 35.1 Å². The van der Waals surface area contributed by atoms with Crippen molar-refractivity contribution < 1.29 is 9.53 Å². The molecule has 1 amide bonds. The van der Waals surface area contributed by atoms with Gasteiger partial charge in [-0.25, -0.2) is 4.98 Å². The standard InChI is InChI=1S/C21H24ClN3O2S2/c22-18-3-1-4-19(23-18)24-9-11-25(12-10-24)20(26)15-27-17-7-5-16(6-8-17)21-28-13-2-14-29-21/h1,3-8,21H,2,9-15H2. The lowest BCUT2D eigenvalue weighted by Gasteiger charge is -2.35. The fraction of sp³-hybridized carbons (Fsp3) is 0.429. The lowest BCUT2D eigenvalue weighted by molar-refractivity contribution is -0.133. The van der Waals surface area contributed by atoms with E-state index in [0.717, 1.165) is 24.7 Å². The van der Waals surface area contributed by atoms with Crippen LogP contribution in [0.1, 0.15) is 16.6 Å². The van der Waals surface area contributed by atoms with Crippen molar-refractivity contribution in [2.75, 3.05) is 49.2 Å². The number of carbonyl (C=O) groups is 1. The third-order valence-electron chi connectivity index (χ3n) is 5.00. The van der Waals surface area contributed by atoms with E-state index in [9.17, 15) is 4.79 Å². The van der Waals surface area contributed by atoms with E-state index in [1.54, 1.807) is 6.07 Å². The number of benzene rings is 1. The minimum absolute atomic E-state index is 0.0196. The Morgan fingerprint density at radius 3 is 2.48 bits per heavy atom. The van der Waals surface area contributed by atoms with Gasteiger partial charge in [-0.05, 0) is 47.8 Å². The Morgan fingerprint density at radius 2 is 1.79 bits per heavy atom. The number of halogens is 1. The molecule has 2 fully saturated rings. The van der Waals surface area contributed by atoms with Crippen LogP contribution in [0.4, 0.5) is 5.82 Å². The minimum atomic E-state index is 0.0196. The second-order valence-corrected chi connectivity index (χ2v) is 10.1. The van der Waals surface area contributed by atoms with E-state index in [1.807, 2.05) is 52.7 Å². The number of amides is 1. The first-order chi connectivity index (χ1) is 14.2. The number of rotatable bonds is 5. The molecule has 0 unspecified atom stereocenters. The molecule has 1 aromatic heterocycles. The summed E-state index contributed by atoms with van der Waals surface area (Å²) < 4.78 is 6.26. The van der Waals surface area contributed by atoms with E-state index >= 15 is 0 Å². The van der Waals surface area contributed by atoms with Crippen molar-refractivity contribution in [2.45, 2.75) is 11.0 Å². The maximum atomic E-state index is 12.5. The number of ether oxygens (including phenoxy) is 1. The largest absolute Gasteiger partial charge is 0.484 e. The Bertz CT molecular complexity index is 823. The number of anilines is 1. The molecule has 0 radical (unpaired) electrons.